The molecule has 1 heterocycles. The van der Waals surface area contributed by atoms with E-state index in [2.05, 4.69) is 26.0 Å². The second-order valence-electron chi connectivity index (χ2n) is 6.89. The molecule has 4 atom stereocenters. The fourth-order valence-electron chi connectivity index (χ4n) is 4.41. The smallest absolute Gasteiger partial charge is 0.238 e. The Kier molecular flexibility index (Phi) is 3.08. The van der Waals surface area contributed by atoms with Crippen LogP contribution in [0.5, 0.6) is 0 Å². The van der Waals surface area contributed by atoms with Crippen LogP contribution in [0.25, 0.3) is 0 Å². The number of nitrogens with zero attached hydrogens (tertiary/aromatic N) is 1. The molecule has 4 rings (SSSR count). The van der Waals surface area contributed by atoms with Crippen molar-refractivity contribution in [3.05, 3.63) is 52.1 Å². The van der Waals surface area contributed by atoms with E-state index in [9.17, 15) is 9.59 Å². The van der Waals surface area contributed by atoms with E-state index in [0.717, 1.165) is 5.56 Å². The van der Waals surface area contributed by atoms with Crippen LogP contribution in [0, 0.1) is 30.6 Å². The van der Waals surface area contributed by atoms with Crippen LogP contribution >= 0.6 is 11.6 Å². The minimum absolute atomic E-state index is 0.0809. The van der Waals surface area contributed by atoms with E-state index >= 15 is 0 Å². The van der Waals surface area contributed by atoms with Gasteiger partial charge in [0, 0.05) is 16.9 Å². The Hall–Kier alpha value is -1.87. The van der Waals surface area contributed by atoms with E-state index in [1.165, 1.54) is 16.0 Å². The SMILES string of the molecule is CC(C)=C1[C@H]2C=C[C@@H]1[C@H]1C(=O)N(c3ccc(C)c(Cl)c3)C(=O)[C@H]12. The van der Waals surface area contributed by atoms with Gasteiger partial charge < -0.3 is 0 Å². The molecule has 1 aliphatic heterocycles. The fourth-order valence-corrected chi connectivity index (χ4v) is 4.58. The first kappa shape index (κ1) is 14.7. The maximum atomic E-state index is 13.0. The lowest BCUT2D eigenvalue weighted by Gasteiger charge is -2.19. The number of halogens is 1. The summed E-state index contributed by atoms with van der Waals surface area (Å²) in [5.74, 6) is -0.509. The molecule has 1 saturated heterocycles. The Labute approximate surface area is 140 Å². The molecule has 2 amide bonds. The van der Waals surface area contributed by atoms with Gasteiger partial charge in [-0.3, -0.25) is 9.59 Å². The molecule has 3 aliphatic rings. The first-order chi connectivity index (χ1) is 10.9. The number of rotatable bonds is 1. The molecule has 1 aromatic rings. The maximum Gasteiger partial charge on any atom is 0.238 e. The van der Waals surface area contributed by atoms with Crippen LogP contribution in [-0.2, 0) is 9.59 Å². The number of carbonyl (C=O) groups excluding carboxylic acids is 2. The maximum absolute atomic E-state index is 13.0. The van der Waals surface area contributed by atoms with Crippen molar-refractivity contribution in [3.63, 3.8) is 0 Å². The van der Waals surface area contributed by atoms with Crippen molar-refractivity contribution < 1.29 is 9.59 Å². The normalized spacial score (nSPS) is 31.3. The average molecular weight is 328 g/mol. The van der Waals surface area contributed by atoms with Gasteiger partial charge in [0.25, 0.3) is 0 Å². The van der Waals surface area contributed by atoms with E-state index in [1.54, 1.807) is 12.1 Å². The van der Waals surface area contributed by atoms with Gasteiger partial charge in [-0.05, 0) is 38.5 Å². The third kappa shape index (κ3) is 1.83. The molecule has 118 valence electrons. The Morgan fingerprint density at radius 2 is 1.61 bits per heavy atom. The van der Waals surface area contributed by atoms with Gasteiger partial charge in [-0.25, -0.2) is 4.90 Å². The molecular weight excluding hydrogens is 310 g/mol. The van der Waals surface area contributed by atoms with Gasteiger partial charge in [0.1, 0.15) is 0 Å². The summed E-state index contributed by atoms with van der Waals surface area (Å²) in [6, 6.07) is 5.36. The van der Waals surface area contributed by atoms with E-state index < -0.39 is 0 Å². The molecule has 0 aromatic heterocycles. The third-order valence-electron chi connectivity index (χ3n) is 5.41. The number of allylic oxidation sites excluding steroid dienone is 4. The number of fused-ring (bicyclic) bond motifs is 5. The largest absolute Gasteiger partial charge is 0.274 e. The standard InChI is InChI=1S/C19H18ClNO2/c1-9(2)15-12-6-7-13(15)17-16(12)18(22)21(19(17)23)11-5-4-10(3)14(20)8-11/h4-8,12-13,16-17H,1-3H3/t12-,13+,16+,17-. The first-order valence-electron chi connectivity index (χ1n) is 7.91. The summed E-state index contributed by atoms with van der Waals surface area (Å²) in [6.45, 7) is 6.03. The molecule has 0 unspecified atom stereocenters. The van der Waals surface area contributed by atoms with Gasteiger partial charge >= 0.3 is 0 Å². The van der Waals surface area contributed by atoms with Crippen molar-refractivity contribution in [2.45, 2.75) is 20.8 Å². The van der Waals surface area contributed by atoms with Gasteiger partial charge in [-0.2, -0.15) is 0 Å². The zero-order valence-corrected chi connectivity index (χ0v) is 14.1. The number of anilines is 1. The Morgan fingerprint density at radius 1 is 1.04 bits per heavy atom. The van der Waals surface area contributed by atoms with Gasteiger partial charge in [-0.15, -0.1) is 0 Å². The van der Waals surface area contributed by atoms with Crippen LogP contribution in [0.3, 0.4) is 0 Å². The molecule has 1 aromatic carbocycles. The zero-order chi connectivity index (χ0) is 16.5. The number of imide groups is 1. The van der Waals surface area contributed by atoms with E-state index in [0.29, 0.717) is 10.7 Å². The highest BCUT2D eigenvalue weighted by molar-refractivity contribution is 6.32. The highest BCUT2D eigenvalue weighted by atomic mass is 35.5. The highest BCUT2D eigenvalue weighted by Gasteiger charge is 2.61. The molecule has 0 radical (unpaired) electrons. The van der Waals surface area contributed by atoms with Gasteiger partial charge in [0.15, 0.2) is 0 Å². The summed E-state index contributed by atoms with van der Waals surface area (Å²) < 4.78 is 0. The summed E-state index contributed by atoms with van der Waals surface area (Å²) in [7, 11) is 0. The molecular formula is C19H18ClNO2. The lowest BCUT2D eigenvalue weighted by Crippen LogP contribution is -2.33. The predicted octanol–water partition coefficient (Wildman–Crippen LogP) is 3.91. The molecule has 4 heteroatoms. The monoisotopic (exact) mass is 327 g/mol. The van der Waals surface area contributed by atoms with Crippen molar-refractivity contribution in [3.8, 4) is 0 Å². The van der Waals surface area contributed by atoms with Crippen LogP contribution in [0.4, 0.5) is 5.69 Å². The molecule has 0 spiro atoms. The molecule has 3 nitrogen and oxygen atoms in total. The van der Waals surface area contributed by atoms with Crippen LogP contribution < -0.4 is 4.90 Å². The van der Waals surface area contributed by atoms with Gasteiger partial charge in [0.2, 0.25) is 11.8 Å². The van der Waals surface area contributed by atoms with Crippen LogP contribution in [0.2, 0.25) is 5.02 Å². The lowest BCUT2D eigenvalue weighted by molar-refractivity contribution is -0.122. The number of carbonyl (C=O) groups is 2. The van der Waals surface area contributed by atoms with Gasteiger partial charge in [0.05, 0.1) is 17.5 Å². The molecule has 2 bridgehead atoms. The number of benzene rings is 1. The zero-order valence-electron chi connectivity index (χ0n) is 13.3. The van der Waals surface area contributed by atoms with Crippen molar-refractivity contribution in [2.24, 2.45) is 23.7 Å². The summed E-state index contributed by atoms with van der Waals surface area (Å²) in [5, 5.41) is 0.575. The van der Waals surface area contributed by atoms with Crippen LogP contribution in [0.15, 0.2) is 41.5 Å². The van der Waals surface area contributed by atoms with Crippen molar-refractivity contribution >= 4 is 29.1 Å². The number of aryl methyl sites for hydroxylation is 1. The van der Waals surface area contributed by atoms with E-state index in [1.807, 2.05) is 13.0 Å². The summed E-state index contributed by atoms with van der Waals surface area (Å²) in [5.41, 5.74) is 4.01. The summed E-state index contributed by atoms with van der Waals surface area (Å²) in [4.78, 5) is 27.3. The van der Waals surface area contributed by atoms with Crippen molar-refractivity contribution in [2.75, 3.05) is 4.90 Å². The molecule has 0 N–H and O–H groups in total. The van der Waals surface area contributed by atoms with Crippen LogP contribution in [-0.4, -0.2) is 11.8 Å². The minimum Gasteiger partial charge on any atom is -0.274 e. The average Bonchev–Trinajstić information content (AvgIpc) is 3.13. The summed E-state index contributed by atoms with van der Waals surface area (Å²) >= 11 is 6.17. The second kappa shape index (κ2) is 4.81. The van der Waals surface area contributed by atoms with E-state index in [4.69, 9.17) is 11.6 Å². The number of hydrogen-bond donors (Lipinski definition) is 0. The molecule has 2 fully saturated rings. The second-order valence-corrected chi connectivity index (χ2v) is 7.30. The quantitative estimate of drug-likeness (QED) is 0.579. The fraction of sp³-hybridized carbons (Fsp3) is 0.368. The lowest BCUT2D eigenvalue weighted by atomic mass is 9.85. The van der Waals surface area contributed by atoms with Crippen molar-refractivity contribution in [1.29, 1.82) is 0 Å². The molecule has 1 saturated carbocycles. The Balaban J connectivity index is 1.77. The topological polar surface area (TPSA) is 37.4 Å². The summed E-state index contributed by atoms with van der Waals surface area (Å²) in [6.07, 6.45) is 4.20. The van der Waals surface area contributed by atoms with Gasteiger partial charge in [-0.1, -0.05) is 41.0 Å². The number of hydrogen-bond acceptors (Lipinski definition) is 2. The number of amides is 2. The first-order valence-corrected chi connectivity index (χ1v) is 8.29. The Morgan fingerprint density at radius 3 is 2.09 bits per heavy atom. The molecule has 23 heavy (non-hydrogen) atoms. The molecule has 2 aliphatic carbocycles. The predicted molar refractivity (Wildman–Crippen MR) is 90.2 cm³/mol. The Bertz CT molecular complexity index is 770. The minimum atomic E-state index is -0.248. The highest BCUT2D eigenvalue weighted by Crippen LogP contribution is 2.57. The van der Waals surface area contributed by atoms with Crippen molar-refractivity contribution in [1.82, 2.24) is 0 Å². The van der Waals surface area contributed by atoms with Crippen LogP contribution in [0.1, 0.15) is 19.4 Å². The van der Waals surface area contributed by atoms with E-state index in [-0.39, 0.29) is 35.5 Å². The third-order valence-corrected chi connectivity index (χ3v) is 5.81.